The lowest BCUT2D eigenvalue weighted by Crippen LogP contribution is -2.13. The van der Waals surface area contributed by atoms with Gasteiger partial charge in [0.05, 0.1) is 18.5 Å². The number of hydrogen-bond donors (Lipinski definition) is 1. The summed E-state index contributed by atoms with van der Waals surface area (Å²) < 4.78 is 6.34. The van der Waals surface area contributed by atoms with Crippen molar-refractivity contribution in [3.05, 3.63) is 45.9 Å². The molecular weight excluding hydrogens is 316 g/mol. The van der Waals surface area contributed by atoms with Gasteiger partial charge in [-0.2, -0.15) is 0 Å². The van der Waals surface area contributed by atoms with E-state index in [-0.39, 0.29) is 0 Å². The van der Waals surface area contributed by atoms with Gasteiger partial charge >= 0.3 is 0 Å². The van der Waals surface area contributed by atoms with E-state index in [1.807, 2.05) is 31.3 Å². The third-order valence-electron chi connectivity index (χ3n) is 3.64. The van der Waals surface area contributed by atoms with Crippen molar-refractivity contribution in [3.63, 3.8) is 0 Å². The van der Waals surface area contributed by atoms with Gasteiger partial charge in [0.2, 0.25) is 0 Å². The normalized spacial score (nSPS) is 10.4. The second-order valence-electron chi connectivity index (χ2n) is 4.80. The lowest BCUT2D eigenvalue weighted by molar-refractivity contribution is 0.411. The number of rotatable bonds is 3. The predicted molar refractivity (Wildman–Crippen MR) is 89.1 cm³/mol. The Balaban J connectivity index is 2.48. The first-order valence-corrected chi connectivity index (χ1v) is 7.18. The molecule has 20 heavy (non-hydrogen) atoms. The molecule has 0 fully saturated rings. The van der Waals surface area contributed by atoms with Crippen LogP contribution >= 0.6 is 15.9 Å². The molecule has 0 aliphatic rings. The second kappa shape index (κ2) is 5.75. The van der Waals surface area contributed by atoms with Crippen molar-refractivity contribution in [2.24, 2.45) is 0 Å². The number of ether oxygens (including phenoxy) is 1. The Labute approximate surface area is 128 Å². The van der Waals surface area contributed by atoms with Gasteiger partial charge in [-0.3, -0.25) is 0 Å². The Hall–Kier alpha value is -1.68. The molecule has 0 saturated carbocycles. The van der Waals surface area contributed by atoms with Crippen LogP contribution in [0.25, 0.3) is 0 Å². The third kappa shape index (κ3) is 2.61. The zero-order chi connectivity index (χ0) is 14.9. The van der Waals surface area contributed by atoms with E-state index in [2.05, 4.69) is 40.7 Å². The molecule has 4 heteroatoms. The minimum Gasteiger partial charge on any atom is -0.496 e. The molecule has 2 aromatic carbocycles. The molecule has 2 aromatic rings. The first-order valence-electron chi connectivity index (χ1n) is 6.38. The maximum atomic E-state index is 6.11. The minimum atomic E-state index is 0.745. The van der Waals surface area contributed by atoms with E-state index in [4.69, 9.17) is 10.5 Å². The molecule has 0 atom stereocenters. The number of methoxy groups -OCH3 is 1. The number of nitrogen functional groups attached to an aromatic ring is 1. The van der Waals surface area contributed by atoms with Crippen molar-refractivity contribution in [3.8, 4) is 5.75 Å². The Morgan fingerprint density at radius 3 is 2.30 bits per heavy atom. The quantitative estimate of drug-likeness (QED) is 0.844. The molecule has 0 spiro atoms. The summed E-state index contributed by atoms with van der Waals surface area (Å²) in [5.74, 6) is 0.906. The fourth-order valence-corrected chi connectivity index (χ4v) is 2.71. The van der Waals surface area contributed by atoms with Gasteiger partial charge in [-0.1, -0.05) is 15.9 Å². The van der Waals surface area contributed by atoms with E-state index >= 15 is 0 Å². The van der Waals surface area contributed by atoms with Crippen molar-refractivity contribution in [2.75, 3.05) is 24.8 Å². The first kappa shape index (κ1) is 14.7. The van der Waals surface area contributed by atoms with Crippen LogP contribution in [0, 0.1) is 13.8 Å². The number of hydrogen-bond acceptors (Lipinski definition) is 3. The smallest absolute Gasteiger partial charge is 0.122 e. The van der Waals surface area contributed by atoms with Crippen molar-refractivity contribution < 1.29 is 4.74 Å². The molecule has 0 radical (unpaired) electrons. The zero-order valence-electron chi connectivity index (χ0n) is 12.2. The first-order chi connectivity index (χ1) is 9.45. The SMILES string of the molecule is COc1ccc(N(C)c2ccc(Br)cc2N)c(C)c1C. The highest BCUT2D eigenvalue weighted by molar-refractivity contribution is 9.10. The van der Waals surface area contributed by atoms with Crippen LogP contribution in [0.3, 0.4) is 0 Å². The Bertz CT molecular complexity index is 641. The Kier molecular flexibility index (Phi) is 4.23. The molecule has 2 rings (SSSR count). The van der Waals surface area contributed by atoms with Crippen molar-refractivity contribution in [2.45, 2.75) is 13.8 Å². The lowest BCUT2D eigenvalue weighted by atomic mass is 10.1. The van der Waals surface area contributed by atoms with E-state index in [1.165, 1.54) is 5.56 Å². The minimum absolute atomic E-state index is 0.745. The summed E-state index contributed by atoms with van der Waals surface area (Å²) in [6, 6.07) is 9.97. The molecule has 0 bridgehead atoms. The summed E-state index contributed by atoms with van der Waals surface area (Å²) in [5, 5.41) is 0. The maximum Gasteiger partial charge on any atom is 0.122 e. The fraction of sp³-hybridized carbons (Fsp3) is 0.250. The Morgan fingerprint density at radius 2 is 1.70 bits per heavy atom. The molecule has 0 amide bonds. The molecule has 0 unspecified atom stereocenters. The van der Waals surface area contributed by atoms with E-state index in [0.29, 0.717) is 0 Å². The summed E-state index contributed by atoms with van der Waals surface area (Å²) in [4.78, 5) is 2.10. The highest BCUT2D eigenvalue weighted by Crippen LogP contribution is 2.36. The van der Waals surface area contributed by atoms with Crippen LogP contribution in [0.1, 0.15) is 11.1 Å². The van der Waals surface area contributed by atoms with Crippen molar-refractivity contribution in [1.82, 2.24) is 0 Å². The van der Waals surface area contributed by atoms with Crippen LogP contribution in [0.15, 0.2) is 34.8 Å². The summed E-state index contributed by atoms with van der Waals surface area (Å²) in [7, 11) is 3.71. The summed E-state index contributed by atoms with van der Waals surface area (Å²) in [5.41, 5.74) is 11.3. The molecule has 0 aromatic heterocycles. The van der Waals surface area contributed by atoms with Gasteiger partial charge in [0.15, 0.2) is 0 Å². The van der Waals surface area contributed by atoms with E-state index in [0.717, 1.165) is 32.8 Å². The van der Waals surface area contributed by atoms with E-state index in [9.17, 15) is 0 Å². The number of nitrogens with two attached hydrogens (primary N) is 1. The number of anilines is 3. The zero-order valence-corrected chi connectivity index (χ0v) is 13.8. The molecule has 106 valence electrons. The Morgan fingerprint density at radius 1 is 1.05 bits per heavy atom. The van der Waals surface area contributed by atoms with Crippen LogP contribution in [0.2, 0.25) is 0 Å². The molecule has 0 aliphatic carbocycles. The number of benzene rings is 2. The standard InChI is InChI=1S/C16H19BrN2O/c1-10-11(2)16(20-4)8-7-14(10)19(3)15-6-5-12(17)9-13(15)18/h5-9H,18H2,1-4H3. The van der Waals surface area contributed by atoms with Crippen molar-refractivity contribution >= 4 is 33.0 Å². The van der Waals surface area contributed by atoms with Gasteiger partial charge in [-0.05, 0) is 55.3 Å². The molecular formula is C16H19BrN2O. The monoisotopic (exact) mass is 334 g/mol. The van der Waals surface area contributed by atoms with Crippen LogP contribution in [-0.2, 0) is 0 Å². The molecule has 0 aliphatic heterocycles. The highest BCUT2D eigenvalue weighted by Gasteiger charge is 2.13. The average molecular weight is 335 g/mol. The van der Waals surface area contributed by atoms with Crippen LogP contribution in [0.5, 0.6) is 5.75 Å². The second-order valence-corrected chi connectivity index (χ2v) is 5.71. The molecule has 3 nitrogen and oxygen atoms in total. The van der Waals surface area contributed by atoms with Gasteiger partial charge in [-0.15, -0.1) is 0 Å². The van der Waals surface area contributed by atoms with Crippen molar-refractivity contribution in [1.29, 1.82) is 0 Å². The van der Waals surface area contributed by atoms with Crippen LogP contribution in [0.4, 0.5) is 17.1 Å². The van der Waals surface area contributed by atoms with Crippen LogP contribution < -0.4 is 15.4 Å². The van der Waals surface area contributed by atoms with Gasteiger partial charge in [0.1, 0.15) is 5.75 Å². The summed E-state index contributed by atoms with van der Waals surface area (Å²) >= 11 is 3.43. The summed E-state index contributed by atoms with van der Waals surface area (Å²) in [6.45, 7) is 4.16. The fourth-order valence-electron chi connectivity index (χ4n) is 2.33. The number of halogens is 1. The molecule has 0 heterocycles. The van der Waals surface area contributed by atoms with E-state index in [1.54, 1.807) is 7.11 Å². The van der Waals surface area contributed by atoms with Gasteiger partial charge in [0, 0.05) is 17.2 Å². The lowest BCUT2D eigenvalue weighted by Gasteiger charge is -2.25. The van der Waals surface area contributed by atoms with Gasteiger partial charge in [-0.25, -0.2) is 0 Å². The number of nitrogens with zero attached hydrogens (tertiary/aromatic N) is 1. The predicted octanol–water partition coefficient (Wildman–Crippen LogP) is 4.42. The van der Waals surface area contributed by atoms with E-state index < -0.39 is 0 Å². The largest absolute Gasteiger partial charge is 0.496 e. The highest BCUT2D eigenvalue weighted by atomic mass is 79.9. The van der Waals surface area contributed by atoms with Gasteiger partial charge < -0.3 is 15.4 Å². The maximum absolute atomic E-state index is 6.11. The summed E-state index contributed by atoms with van der Waals surface area (Å²) in [6.07, 6.45) is 0. The van der Waals surface area contributed by atoms with Crippen LogP contribution in [-0.4, -0.2) is 14.2 Å². The molecule has 0 saturated heterocycles. The molecule has 2 N–H and O–H groups in total. The topological polar surface area (TPSA) is 38.5 Å². The average Bonchev–Trinajstić information content (AvgIpc) is 2.41. The third-order valence-corrected chi connectivity index (χ3v) is 4.13. The van der Waals surface area contributed by atoms with Gasteiger partial charge in [0.25, 0.3) is 0 Å².